The quantitative estimate of drug-likeness (QED) is 0.477. The van der Waals surface area contributed by atoms with Gasteiger partial charge in [-0.3, -0.25) is 4.79 Å². The van der Waals surface area contributed by atoms with Crippen LogP contribution in [0.2, 0.25) is 5.15 Å². The Labute approximate surface area is 175 Å². The molecular weight excluding hydrogens is 417 g/mol. The summed E-state index contributed by atoms with van der Waals surface area (Å²) >= 11 is 5.93. The molecule has 1 aliphatic heterocycles. The van der Waals surface area contributed by atoms with E-state index in [0.717, 1.165) is 31.6 Å². The van der Waals surface area contributed by atoms with Gasteiger partial charge in [0.15, 0.2) is 0 Å². The molecule has 4 aromatic rings. The molecule has 1 aliphatic rings. The van der Waals surface area contributed by atoms with Crippen molar-refractivity contribution in [1.82, 2.24) is 35.0 Å². The van der Waals surface area contributed by atoms with Gasteiger partial charge in [-0.2, -0.15) is 10.1 Å². The molecule has 1 saturated heterocycles. The second-order valence-corrected chi connectivity index (χ2v) is 7.06. The standard InChI is InChI=1S/C18H16ClN7O2.ClH/c19-14-3-1-2-12(22-14)16-24-18(28-25-16)11-9-21-26-13(8-15(27)23-17(11)26)10-4-6-20-7-5-10;/h1-3,8-10,20H,4-7H2,(H,23,27);1H. The van der Waals surface area contributed by atoms with E-state index in [1.807, 2.05) is 0 Å². The van der Waals surface area contributed by atoms with E-state index in [1.54, 1.807) is 35.0 Å². The molecule has 1 fully saturated rings. The number of halogens is 2. The Balaban J connectivity index is 0.00000205. The molecule has 0 aliphatic carbocycles. The number of piperidine rings is 1. The van der Waals surface area contributed by atoms with Crippen molar-refractivity contribution in [2.45, 2.75) is 18.8 Å². The monoisotopic (exact) mass is 433 g/mol. The highest BCUT2D eigenvalue weighted by Crippen LogP contribution is 2.28. The van der Waals surface area contributed by atoms with Gasteiger partial charge in [0.05, 0.1) is 11.9 Å². The fourth-order valence-corrected chi connectivity index (χ4v) is 3.71. The number of pyridine rings is 1. The Kier molecular flexibility index (Phi) is 5.35. The molecule has 0 amide bonds. The van der Waals surface area contributed by atoms with Crippen LogP contribution < -0.4 is 10.9 Å². The Morgan fingerprint density at radius 3 is 2.83 bits per heavy atom. The number of hydrogen-bond acceptors (Lipinski definition) is 7. The summed E-state index contributed by atoms with van der Waals surface area (Å²) < 4.78 is 7.17. The first-order valence-electron chi connectivity index (χ1n) is 8.98. The van der Waals surface area contributed by atoms with Crippen molar-refractivity contribution in [3.8, 4) is 23.0 Å². The lowest BCUT2D eigenvalue weighted by atomic mass is 9.94. The number of rotatable bonds is 3. The fourth-order valence-electron chi connectivity index (χ4n) is 3.55. The largest absolute Gasteiger partial charge is 0.333 e. The molecule has 5 heterocycles. The predicted molar refractivity (Wildman–Crippen MR) is 109 cm³/mol. The molecule has 29 heavy (non-hydrogen) atoms. The summed E-state index contributed by atoms with van der Waals surface area (Å²) in [4.78, 5) is 23.7. The van der Waals surface area contributed by atoms with Gasteiger partial charge >= 0.3 is 0 Å². The number of nitrogens with one attached hydrogen (secondary N) is 2. The zero-order valence-electron chi connectivity index (χ0n) is 15.1. The lowest BCUT2D eigenvalue weighted by molar-refractivity contribution is 0.432. The van der Waals surface area contributed by atoms with Crippen molar-refractivity contribution < 1.29 is 4.52 Å². The smallest absolute Gasteiger partial charge is 0.263 e. The molecule has 0 bridgehead atoms. The lowest BCUT2D eigenvalue weighted by Crippen LogP contribution is -2.28. The van der Waals surface area contributed by atoms with Crippen LogP contribution in [-0.2, 0) is 0 Å². The van der Waals surface area contributed by atoms with E-state index in [-0.39, 0.29) is 29.8 Å². The van der Waals surface area contributed by atoms with Crippen LogP contribution in [-0.4, -0.2) is 42.8 Å². The van der Waals surface area contributed by atoms with Gasteiger partial charge in [-0.1, -0.05) is 22.8 Å². The number of nitrogens with zero attached hydrogens (tertiary/aromatic N) is 5. The number of aromatic nitrogens is 6. The topological polar surface area (TPSA) is 114 Å². The first kappa shape index (κ1) is 19.6. The Bertz CT molecular complexity index is 1210. The van der Waals surface area contributed by atoms with Crippen LogP contribution in [0.4, 0.5) is 0 Å². The van der Waals surface area contributed by atoms with Crippen LogP contribution in [0.1, 0.15) is 24.5 Å². The molecule has 0 radical (unpaired) electrons. The van der Waals surface area contributed by atoms with Crippen molar-refractivity contribution in [1.29, 1.82) is 0 Å². The number of aromatic amines is 1. The van der Waals surface area contributed by atoms with Crippen LogP contribution in [0.15, 0.2) is 39.8 Å². The average molecular weight is 434 g/mol. The highest BCUT2D eigenvalue weighted by molar-refractivity contribution is 6.29. The number of fused-ring (bicyclic) bond motifs is 1. The van der Waals surface area contributed by atoms with Gasteiger partial charge in [0.25, 0.3) is 11.4 Å². The molecule has 2 N–H and O–H groups in total. The summed E-state index contributed by atoms with van der Waals surface area (Å²) in [6, 6.07) is 6.80. The predicted octanol–water partition coefficient (Wildman–Crippen LogP) is 2.68. The van der Waals surface area contributed by atoms with Gasteiger partial charge in [-0.25, -0.2) is 9.50 Å². The average Bonchev–Trinajstić information content (AvgIpc) is 3.35. The minimum Gasteiger partial charge on any atom is -0.333 e. The maximum Gasteiger partial charge on any atom is 0.263 e. The molecule has 150 valence electrons. The molecule has 0 aromatic carbocycles. The molecule has 0 atom stereocenters. The maximum absolute atomic E-state index is 12.3. The molecule has 9 nitrogen and oxygen atoms in total. The summed E-state index contributed by atoms with van der Waals surface area (Å²) in [5.41, 5.74) is 2.31. The third kappa shape index (κ3) is 3.64. The van der Waals surface area contributed by atoms with E-state index in [9.17, 15) is 4.79 Å². The van der Waals surface area contributed by atoms with Crippen LogP contribution in [0, 0.1) is 0 Å². The Morgan fingerprint density at radius 2 is 2.03 bits per heavy atom. The highest BCUT2D eigenvalue weighted by atomic mass is 35.5. The minimum atomic E-state index is -0.181. The van der Waals surface area contributed by atoms with Gasteiger partial charge in [0, 0.05) is 12.0 Å². The molecule has 4 aromatic heterocycles. The van der Waals surface area contributed by atoms with Gasteiger partial charge < -0.3 is 14.8 Å². The Hall–Kier alpha value is -2.75. The minimum absolute atomic E-state index is 0. The maximum atomic E-state index is 12.3. The van der Waals surface area contributed by atoms with E-state index in [1.165, 1.54) is 0 Å². The highest BCUT2D eigenvalue weighted by Gasteiger charge is 2.22. The Morgan fingerprint density at radius 1 is 1.21 bits per heavy atom. The zero-order chi connectivity index (χ0) is 19.1. The molecule has 0 spiro atoms. The van der Waals surface area contributed by atoms with Crippen molar-refractivity contribution in [3.05, 3.63) is 51.7 Å². The van der Waals surface area contributed by atoms with Gasteiger partial charge in [0.2, 0.25) is 5.82 Å². The SMILES string of the molecule is Cl.O=c1cc(C2CCNCC2)n2ncc(-c3nc(-c4cccc(Cl)n4)no3)c2[nH]1. The van der Waals surface area contributed by atoms with E-state index in [0.29, 0.717) is 27.9 Å². The van der Waals surface area contributed by atoms with Crippen LogP contribution in [0.3, 0.4) is 0 Å². The van der Waals surface area contributed by atoms with Gasteiger partial charge in [0.1, 0.15) is 22.1 Å². The van der Waals surface area contributed by atoms with E-state index >= 15 is 0 Å². The first-order valence-corrected chi connectivity index (χ1v) is 9.35. The van der Waals surface area contributed by atoms with E-state index < -0.39 is 0 Å². The normalized spacial score (nSPS) is 14.8. The molecule has 0 unspecified atom stereocenters. The van der Waals surface area contributed by atoms with Gasteiger partial charge in [-0.15, -0.1) is 12.4 Å². The fraction of sp³-hybridized carbons (Fsp3) is 0.278. The second-order valence-electron chi connectivity index (χ2n) is 6.67. The first-order chi connectivity index (χ1) is 13.7. The van der Waals surface area contributed by atoms with E-state index in [4.69, 9.17) is 16.1 Å². The van der Waals surface area contributed by atoms with Gasteiger partial charge in [-0.05, 0) is 38.1 Å². The summed E-state index contributed by atoms with van der Waals surface area (Å²) in [7, 11) is 0. The summed E-state index contributed by atoms with van der Waals surface area (Å²) in [6.45, 7) is 1.85. The van der Waals surface area contributed by atoms with Crippen LogP contribution in [0.25, 0.3) is 28.6 Å². The van der Waals surface area contributed by atoms with Crippen LogP contribution in [0.5, 0.6) is 0 Å². The summed E-state index contributed by atoms with van der Waals surface area (Å²) in [5, 5.41) is 12.1. The second kappa shape index (κ2) is 7.94. The third-order valence-corrected chi connectivity index (χ3v) is 5.10. The summed E-state index contributed by atoms with van der Waals surface area (Å²) in [6.07, 6.45) is 3.54. The third-order valence-electron chi connectivity index (χ3n) is 4.89. The molecule has 11 heteroatoms. The van der Waals surface area contributed by atoms with Crippen molar-refractivity contribution in [2.24, 2.45) is 0 Å². The van der Waals surface area contributed by atoms with Crippen molar-refractivity contribution >= 4 is 29.7 Å². The number of H-pyrrole nitrogens is 1. The molecular formula is C18H17Cl2N7O2. The zero-order valence-corrected chi connectivity index (χ0v) is 16.7. The van der Waals surface area contributed by atoms with Crippen molar-refractivity contribution in [3.63, 3.8) is 0 Å². The van der Waals surface area contributed by atoms with E-state index in [2.05, 4.69) is 30.5 Å². The van der Waals surface area contributed by atoms with Crippen LogP contribution >= 0.6 is 24.0 Å². The molecule has 0 saturated carbocycles. The summed E-state index contributed by atoms with van der Waals surface area (Å²) in [5.74, 6) is 0.839. The molecule has 5 rings (SSSR count). The number of hydrogen-bond donors (Lipinski definition) is 2. The lowest BCUT2D eigenvalue weighted by Gasteiger charge is -2.23. The van der Waals surface area contributed by atoms with Crippen molar-refractivity contribution in [2.75, 3.05) is 13.1 Å².